The van der Waals surface area contributed by atoms with E-state index < -0.39 is 0 Å². The van der Waals surface area contributed by atoms with Crippen molar-refractivity contribution in [1.82, 2.24) is 10.2 Å². The highest BCUT2D eigenvalue weighted by Gasteiger charge is 2.12. The normalized spacial score (nSPS) is 12.8. The van der Waals surface area contributed by atoms with Crippen molar-refractivity contribution in [2.45, 2.75) is 32.5 Å². The molecule has 0 saturated carbocycles. The Bertz CT molecular complexity index is 554. The summed E-state index contributed by atoms with van der Waals surface area (Å²) in [6.07, 6.45) is 1.11. The quantitative estimate of drug-likeness (QED) is 0.785. The second-order valence-electron chi connectivity index (χ2n) is 5.50. The molecule has 1 N–H and O–H groups in total. The number of benzene rings is 1. The number of thiophene rings is 1. The number of likely N-dealkylation sites (N-methyl/N-ethyl adjacent to an activating group) is 1. The van der Waals surface area contributed by atoms with E-state index in [2.05, 4.69) is 75.8 Å². The van der Waals surface area contributed by atoms with Crippen molar-refractivity contribution in [3.05, 3.63) is 56.2 Å². The monoisotopic (exact) mass is 366 g/mol. The SMILES string of the molecule is CNCc1ccc(CN(C)C(C)Cc2cccs2)c(Br)c1. The molecule has 1 unspecified atom stereocenters. The average molecular weight is 367 g/mol. The van der Waals surface area contributed by atoms with Crippen molar-refractivity contribution in [3.63, 3.8) is 0 Å². The summed E-state index contributed by atoms with van der Waals surface area (Å²) in [5.74, 6) is 0. The summed E-state index contributed by atoms with van der Waals surface area (Å²) in [5, 5.41) is 5.34. The van der Waals surface area contributed by atoms with Crippen LogP contribution >= 0.6 is 27.3 Å². The summed E-state index contributed by atoms with van der Waals surface area (Å²) in [6, 6.07) is 11.5. The highest BCUT2D eigenvalue weighted by atomic mass is 79.9. The predicted molar refractivity (Wildman–Crippen MR) is 95.9 cm³/mol. The Hall–Kier alpha value is -0.680. The van der Waals surface area contributed by atoms with Gasteiger partial charge < -0.3 is 5.32 Å². The van der Waals surface area contributed by atoms with Gasteiger partial charge in [-0.15, -0.1) is 11.3 Å². The van der Waals surface area contributed by atoms with Crippen LogP contribution in [0.1, 0.15) is 22.9 Å². The Morgan fingerprint density at radius 3 is 2.76 bits per heavy atom. The zero-order valence-corrected chi connectivity index (χ0v) is 15.3. The minimum Gasteiger partial charge on any atom is -0.316 e. The second-order valence-corrected chi connectivity index (χ2v) is 7.39. The highest BCUT2D eigenvalue weighted by Crippen LogP contribution is 2.22. The van der Waals surface area contributed by atoms with Gasteiger partial charge in [-0.25, -0.2) is 0 Å². The van der Waals surface area contributed by atoms with E-state index in [-0.39, 0.29) is 0 Å². The van der Waals surface area contributed by atoms with Crippen molar-refractivity contribution in [3.8, 4) is 0 Å². The van der Waals surface area contributed by atoms with Gasteiger partial charge in [0, 0.05) is 28.5 Å². The molecule has 4 heteroatoms. The lowest BCUT2D eigenvalue weighted by Gasteiger charge is -2.25. The first-order valence-corrected chi connectivity index (χ1v) is 8.92. The van der Waals surface area contributed by atoms with Crippen LogP contribution in [0.3, 0.4) is 0 Å². The van der Waals surface area contributed by atoms with Crippen LogP contribution in [0.15, 0.2) is 40.2 Å². The molecular weight excluding hydrogens is 344 g/mol. The van der Waals surface area contributed by atoms with Gasteiger partial charge in [0.25, 0.3) is 0 Å². The Labute approximate surface area is 140 Å². The van der Waals surface area contributed by atoms with Crippen LogP contribution < -0.4 is 5.32 Å². The molecule has 0 bridgehead atoms. The third kappa shape index (κ3) is 4.92. The topological polar surface area (TPSA) is 15.3 Å². The van der Waals surface area contributed by atoms with E-state index in [0.717, 1.165) is 19.5 Å². The minimum absolute atomic E-state index is 0.535. The van der Waals surface area contributed by atoms with Gasteiger partial charge in [0.05, 0.1) is 0 Å². The van der Waals surface area contributed by atoms with Crippen LogP contribution in [0.2, 0.25) is 0 Å². The van der Waals surface area contributed by atoms with Crippen LogP contribution in [-0.4, -0.2) is 25.0 Å². The summed E-state index contributed by atoms with van der Waals surface area (Å²) in [5.41, 5.74) is 2.65. The molecule has 0 aliphatic rings. The van der Waals surface area contributed by atoms with Gasteiger partial charge in [0.15, 0.2) is 0 Å². The lowest BCUT2D eigenvalue weighted by Crippen LogP contribution is -2.30. The molecule has 1 aromatic carbocycles. The summed E-state index contributed by atoms with van der Waals surface area (Å²) in [7, 11) is 4.17. The van der Waals surface area contributed by atoms with Gasteiger partial charge in [0.2, 0.25) is 0 Å². The fourth-order valence-corrected chi connectivity index (χ4v) is 3.71. The molecule has 2 rings (SSSR count). The molecule has 21 heavy (non-hydrogen) atoms. The molecule has 1 heterocycles. The van der Waals surface area contributed by atoms with Gasteiger partial charge in [-0.1, -0.05) is 34.1 Å². The molecular formula is C17H23BrN2S. The largest absolute Gasteiger partial charge is 0.316 e. The van der Waals surface area contributed by atoms with E-state index in [1.165, 1.54) is 20.5 Å². The Morgan fingerprint density at radius 1 is 1.33 bits per heavy atom. The van der Waals surface area contributed by atoms with Gasteiger partial charge in [-0.2, -0.15) is 0 Å². The number of halogens is 1. The van der Waals surface area contributed by atoms with Crippen LogP contribution in [0.5, 0.6) is 0 Å². The molecule has 2 nitrogen and oxygen atoms in total. The molecule has 0 fully saturated rings. The maximum absolute atomic E-state index is 3.70. The van der Waals surface area contributed by atoms with Gasteiger partial charge in [-0.3, -0.25) is 4.90 Å². The van der Waals surface area contributed by atoms with Crippen LogP contribution in [0, 0.1) is 0 Å². The maximum Gasteiger partial charge on any atom is 0.0244 e. The van der Waals surface area contributed by atoms with Gasteiger partial charge in [-0.05, 0) is 56.1 Å². The Balaban J connectivity index is 1.96. The number of nitrogens with one attached hydrogen (secondary N) is 1. The van der Waals surface area contributed by atoms with E-state index in [1.807, 2.05) is 18.4 Å². The predicted octanol–water partition coefficient (Wildman–Crippen LogP) is 4.29. The third-order valence-corrected chi connectivity index (χ3v) is 5.38. The molecule has 0 radical (unpaired) electrons. The van der Waals surface area contributed by atoms with Crippen LogP contribution in [0.4, 0.5) is 0 Å². The molecule has 0 saturated heterocycles. The summed E-state index contributed by atoms with van der Waals surface area (Å²) >= 11 is 5.55. The number of hydrogen-bond donors (Lipinski definition) is 1. The van der Waals surface area contributed by atoms with Gasteiger partial charge in [0.1, 0.15) is 0 Å². The molecule has 0 aliphatic heterocycles. The minimum atomic E-state index is 0.535. The number of nitrogens with zero attached hydrogens (tertiary/aromatic N) is 1. The maximum atomic E-state index is 3.70. The smallest absolute Gasteiger partial charge is 0.0244 e. The standard InChI is InChI=1S/C17H23BrN2S/c1-13(9-16-5-4-8-21-16)20(3)12-15-7-6-14(11-19-2)10-17(15)18/h4-8,10,13,19H,9,11-12H2,1-3H3. The zero-order valence-electron chi connectivity index (χ0n) is 12.9. The zero-order chi connectivity index (χ0) is 15.2. The van der Waals surface area contributed by atoms with E-state index in [0.29, 0.717) is 6.04 Å². The Morgan fingerprint density at radius 2 is 2.14 bits per heavy atom. The first-order chi connectivity index (χ1) is 10.1. The third-order valence-electron chi connectivity index (χ3n) is 3.75. The number of rotatable bonds is 7. The van der Waals surface area contributed by atoms with Crippen LogP contribution in [-0.2, 0) is 19.5 Å². The molecule has 114 valence electrons. The molecule has 1 atom stereocenters. The molecule has 1 aromatic heterocycles. The lowest BCUT2D eigenvalue weighted by molar-refractivity contribution is 0.248. The summed E-state index contributed by atoms with van der Waals surface area (Å²) < 4.78 is 1.20. The average Bonchev–Trinajstić information content (AvgIpc) is 2.95. The summed E-state index contributed by atoms with van der Waals surface area (Å²) in [6.45, 7) is 4.17. The van der Waals surface area contributed by atoms with Gasteiger partial charge >= 0.3 is 0 Å². The highest BCUT2D eigenvalue weighted by molar-refractivity contribution is 9.10. The van der Waals surface area contributed by atoms with E-state index >= 15 is 0 Å². The molecule has 0 amide bonds. The second kappa shape index (κ2) is 8.08. The van der Waals surface area contributed by atoms with Crippen molar-refractivity contribution >= 4 is 27.3 Å². The van der Waals surface area contributed by atoms with Crippen molar-refractivity contribution in [1.29, 1.82) is 0 Å². The van der Waals surface area contributed by atoms with E-state index in [9.17, 15) is 0 Å². The van der Waals surface area contributed by atoms with Crippen molar-refractivity contribution in [2.24, 2.45) is 0 Å². The molecule has 2 aromatic rings. The van der Waals surface area contributed by atoms with Crippen LogP contribution in [0.25, 0.3) is 0 Å². The van der Waals surface area contributed by atoms with E-state index in [1.54, 1.807) is 0 Å². The fourth-order valence-electron chi connectivity index (χ4n) is 2.33. The van der Waals surface area contributed by atoms with Crippen molar-refractivity contribution < 1.29 is 0 Å². The van der Waals surface area contributed by atoms with Crippen molar-refractivity contribution in [2.75, 3.05) is 14.1 Å². The Kier molecular flexibility index (Phi) is 6.42. The summed E-state index contributed by atoms with van der Waals surface area (Å²) in [4.78, 5) is 3.87. The first kappa shape index (κ1) is 16.7. The van der Waals surface area contributed by atoms with E-state index in [4.69, 9.17) is 0 Å². The lowest BCUT2D eigenvalue weighted by atomic mass is 10.1. The number of hydrogen-bond acceptors (Lipinski definition) is 3. The first-order valence-electron chi connectivity index (χ1n) is 7.24. The molecule has 0 spiro atoms. The molecule has 0 aliphatic carbocycles. The fraction of sp³-hybridized carbons (Fsp3) is 0.412.